The molecule has 0 unspecified atom stereocenters. The molecule has 0 spiro atoms. The molecule has 15 heteroatoms. The lowest BCUT2D eigenvalue weighted by Crippen LogP contribution is -2.21. The van der Waals surface area contributed by atoms with Gasteiger partial charge < -0.3 is 23.7 Å². The minimum atomic E-state index is 0. The maximum Gasteiger partial charge on any atom is 0.0576 e. The normalized spacial score (nSPS) is 21.4. The Bertz CT molecular complexity index is 2700. The van der Waals surface area contributed by atoms with Crippen molar-refractivity contribution in [3.63, 3.8) is 0 Å². The Balaban J connectivity index is 0.000000617. The first-order valence-corrected chi connectivity index (χ1v) is 37.9. The second-order valence-corrected chi connectivity index (χ2v) is 28.0. The largest absolute Gasteiger partial charge is 0.378 e. The average Bonchev–Trinajstić information content (AvgIpc) is 1.06. The summed E-state index contributed by atoms with van der Waals surface area (Å²) in [5.41, 5.74) is 5.34. The number of benzene rings is 5. The summed E-state index contributed by atoms with van der Waals surface area (Å²) < 4.78 is 29.0. The molecule has 0 aliphatic heterocycles. The van der Waals surface area contributed by atoms with E-state index in [0.717, 1.165) is 182 Å². The van der Waals surface area contributed by atoms with Gasteiger partial charge in [0.1, 0.15) is 0 Å². The third kappa shape index (κ3) is 39.8. The van der Waals surface area contributed by atoms with Crippen molar-refractivity contribution in [3.05, 3.63) is 149 Å². The first kappa shape index (κ1) is 92.5. The van der Waals surface area contributed by atoms with Gasteiger partial charge in [0.2, 0.25) is 0 Å². The highest BCUT2D eigenvalue weighted by Gasteiger charge is 2.24. The molecule has 0 bridgehead atoms. The van der Waals surface area contributed by atoms with Crippen molar-refractivity contribution < 1.29 is 47.2 Å². The van der Waals surface area contributed by atoms with E-state index >= 15 is 0 Å². The second kappa shape index (κ2) is 56.0. The summed E-state index contributed by atoms with van der Waals surface area (Å²) in [6.07, 6.45) is 31.1. The van der Waals surface area contributed by atoms with Gasteiger partial charge in [0.25, 0.3) is 0 Å². The fraction of sp³-hybridized carbons (Fsp3) is 0.529. The van der Waals surface area contributed by atoms with Gasteiger partial charge in [0, 0.05) is 115 Å². The van der Waals surface area contributed by atoms with Gasteiger partial charge in [-0.15, -0.1) is 0 Å². The van der Waals surface area contributed by atoms with Crippen LogP contribution in [0.15, 0.2) is 146 Å². The van der Waals surface area contributed by atoms with Crippen LogP contribution in [0.2, 0.25) is 0 Å². The van der Waals surface area contributed by atoms with Crippen molar-refractivity contribution in [3.8, 4) is 59.2 Å². The standard InChI is InChI=1S/5C17H21OS.5FH/c5*1-2-13-18-16-9-5-14(6-10-16)3-4-15-7-11-17(19)12-8-15;;;;;/h5*7-8,11-12,14,16H,2,5-6,9-10,13H2,1H3;5*1H/t5*14-,16-;;;;;. The van der Waals surface area contributed by atoms with E-state index in [9.17, 15) is 0 Å². The first-order valence-electron chi connectivity index (χ1n) is 35.9. The van der Waals surface area contributed by atoms with Crippen LogP contribution < -0.4 is 0 Å². The molecule has 5 radical (unpaired) electrons. The van der Waals surface area contributed by atoms with E-state index in [1.807, 2.05) is 121 Å². The molecule has 5 fully saturated rings. The highest BCUT2D eigenvalue weighted by molar-refractivity contribution is 7.81. The molecule has 5 nitrogen and oxygen atoms in total. The lowest BCUT2D eigenvalue weighted by molar-refractivity contribution is 0.0233. The van der Waals surface area contributed by atoms with Gasteiger partial charge in [0.15, 0.2) is 0 Å². The highest BCUT2D eigenvalue weighted by atomic mass is 32.1. The monoisotopic (exact) mass is 1470 g/mol. The molecule has 5 aromatic carbocycles. The quantitative estimate of drug-likeness (QED) is 0.0772. The predicted molar refractivity (Wildman–Crippen MR) is 418 cm³/mol. The minimum absolute atomic E-state index is 0. The van der Waals surface area contributed by atoms with E-state index in [-0.39, 0.29) is 23.5 Å². The van der Waals surface area contributed by atoms with Crippen LogP contribution in [0.5, 0.6) is 0 Å². The summed E-state index contributed by atoms with van der Waals surface area (Å²) in [7, 11) is 0. The van der Waals surface area contributed by atoms with E-state index < -0.39 is 0 Å². The molecule has 10 rings (SSSR count). The second-order valence-electron chi connectivity index (χ2n) is 25.7. The van der Waals surface area contributed by atoms with Gasteiger partial charge in [-0.1, -0.05) is 157 Å². The van der Waals surface area contributed by atoms with Crippen molar-refractivity contribution in [2.75, 3.05) is 33.0 Å². The summed E-state index contributed by atoms with van der Waals surface area (Å²) in [4.78, 5) is 4.37. The molecule has 5 aromatic rings. The molecule has 5 saturated carbocycles. The molecule has 0 atom stereocenters. The third-order valence-electron chi connectivity index (χ3n) is 17.5. The first-order chi connectivity index (χ1) is 46.4. The van der Waals surface area contributed by atoms with Crippen LogP contribution in [0.3, 0.4) is 0 Å². The van der Waals surface area contributed by atoms with Crippen molar-refractivity contribution in [1.29, 1.82) is 0 Å². The van der Waals surface area contributed by atoms with Crippen molar-refractivity contribution >= 4 is 63.1 Å². The van der Waals surface area contributed by atoms with Gasteiger partial charge in [-0.2, -0.15) is 0 Å². The molecule has 0 amide bonds. The van der Waals surface area contributed by atoms with Gasteiger partial charge in [0.05, 0.1) is 30.5 Å². The minimum Gasteiger partial charge on any atom is -0.378 e. The molecular weight excluding hydrogens is 1360 g/mol. The third-order valence-corrected chi connectivity index (χ3v) is 18.9. The van der Waals surface area contributed by atoms with E-state index in [1.165, 1.54) is 64.2 Å². The van der Waals surface area contributed by atoms with Crippen molar-refractivity contribution in [2.24, 2.45) is 29.6 Å². The lowest BCUT2D eigenvalue weighted by atomic mass is 9.87. The number of hydrogen-bond acceptors (Lipinski definition) is 5. The van der Waals surface area contributed by atoms with Gasteiger partial charge >= 0.3 is 0 Å². The molecule has 0 saturated heterocycles. The molecule has 100 heavy (non-hydrogen) atoms. The van der Waals surface area contributed by atoms with Crippen LogP contribution in [0.25, 0.3) is 0 Å². The summed E-state index contributed by atoms with van der Waals surface area (Å²) in [6, 6.07) is 39.4. The number of hydrogen-bond donors (Lipinski definition) is 0. The number of halogens is 5. The molecule has 5 aliphatic rings. The summed E-state index contributed by atoms with van der Waals surface area (Å²) in [6.45, 7) is 15.3. The Morgan fingerprint density at radius 3 is 0.480 bits per heavy atom. The fourth-order valence-corrected chi connectivity index (χ4v) is 12.6. The number of rotatable bonds is 15. The molecule has 0 aromatic heterocycles. The molecule has 0 N–H and O–H groups in total. The van der Waals surface area contributed by atoms with Crippen molar-refractivity contribution in [1.82, 2.24) is 0 Å². The van der Waals surface area contributed by atoms with Crippen LogP contribution in [0, 0.1) is 88.8 Å². The van der Waals surface area contributed by atoms with Crippen LogP contribution in [-0.4, -0.2) is 63.6 Å². The Labute approximate surface area is 627 Å². The maximum absolute atomic E-state index is 5.80. The Morgan fingerprint density at radius 1 is 0.230 bits per heavy atom. The lowest BCUT2D eigenvalue weighted by Gasteiger charge is -2.25. The zero-order chi connectivity index (χ0) is 67.5. The van der Waals surface area contributed by atoms with E-state index in [1.54, 1.807) is 0 Å². The fourth-order valence-electron chi connectivity index (χ4n) is 11.9. The SMILES string of the molecule is CCCO[C@H]1CC[C@H](C#Cc2ccc([S])cc2)CC1.CCCO[C@H]1CC[C@H](C#Cc2ccc([S])cc2)CC1.CCCO[C@H]1CC[C@H](C#Cc2ccc([S])cc2)CC1.CCCO[C@H]1CC[C@H](C#Cc2ccc([S])cc2)CC1.CCCO[C@H]1CC[C@H](C#Cc2ccc([S])cc2)CC1.F.F.F.F.F. The topological polar surface area (TPSA) is 46.2 Å². The average molecular weight is 1470 g/mol. The summed E-state index contributed by atoms with van der Waals surface area (Å²) >= 11 is 25.3. The maximum atomic E-state index is 5.80. The van der Waals surface area contributed by atoms with Crippen LogP contribution in [0.1, 0.15) is 223 Å². The summed E-state index contributed by atoms with van der Waals surface area (Å²) in [5.74, 6) is 35.9. The van der Waals surface area contributed by atoms with E-state index in [0.29, 0.717) is 60.1 Å². The van der Waals surface area contributed by atoms with E-state index in [2.05, 4.69) is 93.8 Å². The zero-order valence-corrected chi connectivity index (χ0v) is 63.7. The van der Waals surface area contributed by atoms with Gasteiger partial charge in [-0.25, -0.2) is 0 Å². The van der Waals surface area contributed by atoms with Gasteiger partial charge in [-0.3, -0.25) is 23.5 Å². The highest BCUT2D eigenvalue weighted by Crippen LogP contribution is 2.30. The van der Waals surface area contributed by atoms with Gasteiger partial charge in [-0.05, 0) is 282 Å². The molecule has 5 aliphatic carbocycles. The Hall–Kier alpha value is -5.55. The Kier molecular flexibility index (Phi) is 51.8. The van der Waals surface area contributed by atoms with Crippen molar-refractivity contribution in [2.45, 2.75) is 250 Å². The van der Waals surface area contributed by atoms with Crippen LogP contribution in [-0.2, 0) is 23.7 Å². The van der Waals surface area contributed by atoms with E-state index in [4.69, 9.17) is 86.8 Å². The smallest absolute Gasteiger partial charge is 0.0576 e. The zero-order valence-electron chi connectivity index (χ0n) is 59.7. The molecule has 545 valence electrons. The molecular formula is C85H110F5O5S5. The number of ether oxygens (including phenoxy) is 5. The van der Waals surface area contributed by atoms with Crippen LogP contribution in [0.4, 0.5) is 23.5 Å². The Morgan fingerprint density at radius 2 is 0.360 bits per heavy atom. The van der Waals surface area contributed by atoms with Crippen LogP contribution >= 0.6 is 63.1 Å². The predicted octanol–water partition coefficient (Wildman–Crippen LogP) is 23.7. The molecule has 0 heterocycles. The summed E-state index contributed by atoms with van der Waals surface area (Å²) in [5, 5.41) is 0.